The predicted octanol–water partition coefficient (Wildman–Crippen LogP) is 2.15. The standard InChI is InChI=1S/C15H19NO2/c1-9(2)4-6-15-7-5-10(8-15)11-12(15)14(18)16(3)13(11)17/h5,7,10-12H,1,4,6,8H2,2-3H3. The van der Waals surface area contributed by atoms with Gasteiger partial charge in [-0.15, -0.1) is 6.58 Å². The lowest BCUT2D eigenvalue weighted by Gasteiger charge is -2.30. The van der Waals surface area contributed by atoms with Gasteiger partial charge in [0.15, 0.2) is 0 Å². The fourth-order valence-corrected chi connectivity index (χ4v) is 4.03. The van der Waals surface area contributed by atoms with Gasteiger partial charge in [0.05, 0.1) is 11.8 Å². The van der Waals surface area contributed by atoms with Gasteiger partial charge in [-0.1, -0.05) is 17.7 Å². The molecule has 1 heterocycles. The fourth-order valence-electron chi connectivity index (χ4n) is 4.03. The summed E-state index contributed by atoms with van der Waals surface area (Å²) in [6, 6.07) is 0. The van der Waals surface area contributed by atoms with Crippen molar-refractivity contribution in [1.82, 2.24) is 4.90 Å². The van der Waals surface area contributed by atoms with Crippen LogP contribution >= 0.6 is 0 Å². The van der Waals surface area contributed by atoms with Crippen molar-refractivity contribution in [2.45, 2.75) is 26.2 Å². The summed E-state index contributed by atoms with van der Waals surface area (Å²) in [7, 11) is 1.62. The zero-order valence-electron chi connectivity index (χ0n) is 11.0. The van der Waals surface area contributed by atoms with Gasteiger partial charge in [0.1, 0.15) is 0 Å². The van der Waals surface area contributed by atoms with Crippen molar-refractivity contribution in [3.63, 3.8) is 0 Å². The molecule has 96 valence electrons. The van der Waals surface area contributed by atoms with Gasteiger partial charge in [-0.3, -0.25) is 14.5 Å². The lowest BCUT2D eigenvalue weighted by molar-refractivity contribution is -0.139. The van der Waals surface area contributed by atoms with Crippen molar-refractivity contribution in [1.29, 1.82) is 0 Å². The van der Waals surface area contributed by atoms with Gasteiger partial charge < -0.3 is 0 Å². The molecule has 2 fully saturated rings. The normalized spacial score (nSPS) is 40.8. The molecule has 3 aliphatic rings. The Hall–Kier alpha value is -1.38. The molecule has 2 aliphatic carbocycles. The molecule has 18 heavy (non-hydrogen) atoms. The van der Waals surface area contributed by atoms with E-state index < -0.39 is 0 Å². The van der Waals surface area contributed by atoms with E-state index in [-0.39, 0.29) is 35.0 Å². The van der Waals surface area contributed by atoms with Crippen molar-refractivity contribution in [2.75, 3.05) is 7.05 Å². The number of carbonyl (C=O) groups is 2. The van der Waals surface area contributed by atoms with Crippen molar-refractivity contribution >= 4 is 11.8 Å². The molecule has 1 saturated heterocycles. The number of carbonyl (C=O) groups excluding carboxylic acids is 2. The van der Waals surface area contributed by atoms with E-state index in [0.717, 1.165) is 24.8 Å². The van der Waals surface area contributed by atoms with Crippen LogP contribution in [0.1, 0.15) is 26.2 Å². The number of amides is 2. The van der Waals surface area contributed by atoms with Crippen LogP contribution in [0.25, 0.3) is 0 Å². The highest BCUT2D eigenvalue weighted by Gasteiger charge is 2.64. The van der Waals surface area contributed by atoms with Crippen LogP contribution in [0.5, 0.6) is 0 Å². The molecule has 1 saturated carbocycles. The van der Waals surface area contributed by atoms with Crippen LogP contribution in [0, 0.1) is 23.2 Å². The van der Waals surface area contributed by atoms with Gasteiger partial charge >= 0.3 is 0 Å². The highest BCUT2D eigenvalue weighted by Crippen LogP contribution is 2.61. The SMILES string of the molecule is C=C(C)CCC12C=CC(C1)C1C(=O)N(C)C(=O)C12. The van der Waals surface area contributed by atoms with Crippen molar-refractivity contribution < 1.29 is 9.59 Å². The molecule has 3 rings (SSSR count). The smallest absolute Gasteiger partial charge is 0.233 e. The van der Waals surface area contributed by atoms with Gasteiger partial charge in [-0.2, -0.15) is 0 Å². The van der Waals surface area contributed by atoms with Crippen LogP contribution in [0.2, 0.25) is 0 Å². The molecule has 2 bridgehead atoms. The van der Waals surface area contributed by atoms with Crippen LogP contribution in [-0.4, -0.2) is 23.8 Å². The molecule has 2 amide bonds. The fraction of sp³-hybridized carbons (Fsp3) is 0.600. The molecule has 4 unspecified atom stereocenters. The molecule has 3 heteroatoms. The Morgan fingerprint density at radius 3 is 2.89 bits per heavy atom. The van der Waals surface area contributed by atoms with E-state index in [4.69, 9.17) is 0 Å². The summed E-state index contributed by atoms with van der Waals surface area (Å²) >= 11 is 0. The highest BCUT2D eigenvalue weighted by atomic mass is 16.2. The van der Waals surface area contributed by atoms with Crippen molar-refractivity contribution in [2.24, 2.45) is 23.2 Å². The number of imide groups is 1. The van der Waals surface area contributed by atoms with Gasteiger partial charge in [-0.25, -0.2) is 0 Å². The molecular formula is C15H19NO2. The van der Waals surface area contributed by atoms with Gasteiger partial charge in [0.25, 0.3) is 0 Å². The first kappa shape index (κ1) is 11.7. The van der Waals surface area contributed by atoms with E-state index in [2.05, 4.69) is 18.7 Å². The Kier molecular flexibility index (Phi) is 2.31. The minimum Gasteiger partial charge on any atom is -0.285 e. The maximum absolute atomic E-state index is 12.3. The zero-order chi connectivity index (χ0) is 13.1. The zero-order valence-corrected chi connectivity index (χ0v) is 11.0. The average Bonchev–Trinajstić information content (AvgIpc) is 2.95. The molecule has 0 spiro atoms. The summed E-state index contributed by atoms with van der Waals surface area (Å²) < 4.78 is 0. The van der Waals surface area contributed by atoms with Crippen LogP contribution < -0.4 is 0 Å². The molecule has 0 aromatic rings. The second kappa shape index (κ2) is 3.56. The number of hydrogen-bond donors (Lipinski definition) is 0. The van der Waals surface area contributed by atoms with E-state index in [1.54, 1.807) is 7.05 Å². The first-order valence-electron chi connectivity index (χ1n) is 6.61. The number of likely N-dealkylation sites (tertiary alicyclic amines) is 1. The average molecular weight is 245 g/mol. The molecule has 3 nitrogen and oxygen atoms in total. The van der Waals surface area contributed by atoms with E-state index in [0.29, 0.717) is 0 Å². The molecule has 0 aromatic heterocycles. The Bertz CT molecular complexity index is 479. The van der Waals surface area contributed by atoms with Gasteiger partial charge in [0, 0.05) is 12.5 Å². The third-order valence-electron chi connectivity index (χ3n) is 4.96. The number of rotatable bonds is 3. The van der Waals surface area contributed by atoms with E-state index in [1.807, 2.05) is 6.92 Å². The summed E-state index contributed by atoms with van der Waals surface area (Å²) in [5, 5.41) is 0. The lowest BCUT2D eigenvalue weighted by Crippen LogP contribution is -2.33. The Labute approximate surface area is 108 Å². The molecule has 0 N–H and O–H groups in total. The summed E-state index contributed by atoms with van der Waals surface area (Å²) in [5.74, 6) is 0.138. The number of nitrogens with zero attached hydrogens (tertiary/aromatic N) is 1. The molecule has 0 aromatic carbocycles. The third-order valence-corrected chi connectivity index (χ3v) is 4.96. The second-order valence-corrected chi connectivity index (χ2v) is 6.16. The second-order valence-electron chi connectivity index (χ2n) is 6.16. The van der Waals surface area contributed by atoms with E-state index in [1.165, 1.54) is 4.90 Å². The molecule has 0 radical (unpaired) electrons. The Morgan fingerprint density at radius 2 is 2.22 bits per heavy atom. The minimum absolute atomic E-state index is 0.0246. The largest absolute Gasteiger partial charge is 0.285 e. The van der Waals surface area contributed by atoms with Crippen LogP contribution in [-0.2, 0) is 9.59 Å². The number of allylic oxidation sites excluding steroid dienone is 3. The van der Waals surface area contributed by atoms with Gasteiger partial charge in [-0.05, 0) is 32.1 Å². The first-order valence-corrected chi connectivity index (χ1v) is 6.61. The van der Waals surface area contributed by atoms with Crippen molar-refractivity contribution in [3.05, 3.63) is 24.3 Å². The molecule has 4 atom stereocenters. The summed E-state index contributed by atoms with van der Waals surface area (Å²) in [5.41, 5.74) is 1.07. The molecular weight excluding hydrogens is 226 g/mol. The third kappa shape index (κ3) is 1.30. The quantitative estimate of drug-likeness (QED) is 0.564. The summed E-state index contributed by atoms with van der Waals surface area (Å²) in [4.78, 5) is 25.7. The van der Waals surface area contributed by atoms with Crippen LogP contribution in [0.15, 0.2) is 24.3 Å². The Balaban J connectivity index is 1.93. The monoisotopic (exact) mass is 245 g/mol. The minimum atomic E-state index is -0.107. The van der Waals surface area contributed by atoms with Gasteiger partial charge in [0.2, 0.25) is 11.8 Å². The highest BCUT2D eigenvalue weighted by molar-refractivity contribution is 6.06. The maximum Gasteiger partial charge on any atom is 0.233 e. The van der Waals surface area contributed by atoms with E-state index >= 15 is 0 Å². The lowest BCUT2D eigenvalue weighted by atomic mass is 9.71. The topological polar surface area (TPSA) is 37.4 Å². The Morgan fingerprint density at radius 1 is 1.50 bits per heavy atom. The maximum atomic E-state index is 12.3. The first-order chi connectivity index (χ1) is 8.46. The summed E-state index contributed by atoms with van der Waals surface area (Å²) in [6.45, 7) is 5.96. The van der Waals surface area contributed by atoms with E-state index in [9.17, 15) is 9.59 Å². The predicted molar refractivity (Wildman–Crippen MR) is 68.5 cm³/mol. The number of hydrogen-bond acceptors (Lipinski definition) is 2. The molecule has 1 aliphatic heterocycles. The van der Waals surface area contributed by atoms with Crippen LogP contribution in [0.3, 0.4) is 0 Å². The number of fused-ring (bicyclic) bond motifs is 5. The van der Waals surface area contributed by atoms with Crippen molar-refractivity contribution in [3.8, 4) is 0 Å². The summed E-state index contributed by atoms with van der Waals surface area (Å²) in [6.07, 6.45) is 7.21. The van der Waals surface area contributed by atoms with Crippen LogP contribution in [0.4, 0.5) is 0 Å².